The summed E-state index contributed by atoms with van der Waals surface area (Å²) in [5.41, 5.74) is 10.9. The molecule has 0 aliphatic heterocycles. The Balaban J connectivity index is 1.81. The zero-order valence-electron chi connectivity index (χ0n) is 13.6. The number of fused-ring (bicyclic) bond motifs is 1. The van der Waals surface area contributed by atoms with Gasteiger partial charge in [0.25, 0.3) is 0 Å². The molecular weight excluding hydrogens is 312 g/mol. The quantitative estimate of drug-likeness (QED) is 0.602. The van der Waals surface area contributed by atoms with Gasteiger partial charge in [0.15, 0.2) is 0 Å². The maximum atomic E-state index is 10.6. The lowest BCUT2D eigenvalue weighted by Crippen LogP contribution is -2.05. The van der Waals surface area contributed by atoms with Crippen molar-refractivity contribution in [1.82, 2.24) is 15.0 Å². The number of phenols is 1. The molecule has 3 N–H and O–H groups in total. The number of aromatic nitrogens is 3. The first-order valence-electron chi connectivity index (χ1n) is 8.16. The van der Waals surface area contributed by atoms with Crippen LogP contribution >= 0.6 is 0 Å². The Morgan fingerprint density at radius 2 is 1.48 bits per heavy atom. The van der Waals surface area contributed by atoms with Crippen molar-refractivity contribution >= 4 is 11.0 Å². The highest BCUT2D eigenvalue weighted by Gasteiger charge is 2.14. The minimum absolute atomic E-state index is 0.125. The molecule has 5 nitrogen and oxygen atoms in total. The highest BCUT2D eigenvalue weighted by atomic mass is 16.3. The SMILES string of the molecule is NCc1cc(Cc2ccccc2)cc(-n2nc3ccccc3n2)c1O. The summed E-state index contributed by atoms with van der Waals surface area (Å²) >= 11 is 0. The van der Waals surface area contributed by atoms with Crippen LogP contribution in [0.25, 0.3) is 16.7 Å². The van der Waals surface area contributed by atoms with E-state index in [0.29, 0.717) is 11.3 Å². The summed E-state index contributed by atoms with van der Waals surface area (Å²) in [6.45, 7) is 0.252. The number of benzene rings is 3. The fourth-order valence-corrected chi connectivity index (χ4v) is 2.95. The molecule has 124 valence electrons. The molecule has 3 aromatic carbocycles. The number of nitrogens with two attached hydrogens (primary N) is 1. The van der Waals surface area contributed by atoms with Gasteiger partial charge in [0.1, 0.15) is 22.5 Å². The summed E-state index contributed by atoms with van der Waals surface area (Å²) in [5.74, 6) is 0.125. The monoisotopic (exact) mass is 330 g/mol. The number of phenolic OH excluding ortho intramolecular Hbond substituents is 1. The maximum absolute atomic E-state index is 10.6. The van der Waals surface area contributed by atoms with Gasteiger partial charge >= 0.3 is 0 Å². The van der Waals surface area contributed by atoms with Crippen LogP contribution in [0.3, 0.4) is 0 Å². The molecule has 0 atom stereocenters. The van der Waals surface area contributed by atoms with Gasteiger partial charge < -0.3 is 10.8 Å². The van der Waals surface area contributed by atoms with E-state index in [2.05, 4.69) is 22.3 Å². The van der Waals surface area contributed by atoms with Gasteiger partial charge in [-0.25, -0.2) is 0 Å². The third-order valence-electron chi connectivity index (χ3n) is 4.20. The maximum Gasteiger partial charge on any atom is 0.147 e. The first kappa shape index (κ1) is 15.4. The van der Waals surface area contributed by atoms with E-state index in [0.717, 1.165) is 23.0 Å². The third kappa shape index (κ3) is 2.97. The molecular formula is C20H18N4O. The summed E-state index contributed by atoms with van der Waals surface area (Å²) in [7, 11) is 0. The van der Waals surface area contributed by atoms with E-state index in [1.165, 1.54) is 10.4 Å². The number of nitrogens with zero attached hydrogens (tertiary/aromatic N) is 3. The van der Waals surface area contributed by atoms with Crippen LogP contribution in [0, 0.1) is 0 Å². The molecule has 0 saturated carbocycles. The van der Waals surface area contributed by atoms with Crippen LogP contribution in [0.2, 0.25) is 0 Å². The van der Waals surface area contributed by atoms with E-state index in [1.807, 2.05) is 54.6 Å². The molecule has 1 aromatic heterocycles. The van der Waals surface area contributed by atoms with Gasteiger partial charge in [-0.05, 0) is 35.7 Å². The molecule has 0 radical (unpaired) electrons. The van der Waals surface area contributed by atoms with Crippen molar-refractivity contribution in [2.24, 2.45) is 5.73 Å². The van der Waals surface area contributed by atoms with Crippen molar-refractivity contribution in [2.45, 2.75) is 13.0 Å². The van der Waals surface area contributed by atoms with Crippen molar-refractivity contribution in [3.05, 3.63) is 83.4 Å². The standard InChI is InChI=1S/C20H18N4O/c21-13-16-11-15(10-14-6-2-1-3-7-14)12-19(20(16)25)24-22-17-8-4-5-9-18(17)23-24/h1-9,11-12,25H,10,13,21H2. The van der Waals surface area contributed by atoms with E-state index >= 15 is 0 Å². The van der Waals surface area contributed by atoms with Crippen LogP contribution in [-0.2, 0) is 13.0 Å². The zero-order chi connectivity index (χ0) is 17.2. The lowest BCUT2D eigenvalue weighted by molar-refractivity contribution is 0.460. The Labute approximate surface area is 145 Å². The van der Waals surface area contributed by atoms with E-state index in [4.69, 9.17) is 5.73 Å². The van der Waals surface area contributed by atoms with Gasteiger partial charge in [-0.1, -0.05) is 48.5 Å². The minimum Gasteiger partial charge on any atom is -0.505 e. The van der Waals surface area contributed by atoms with E-state index < -0.39 is 0 Å². The number of hydrogen-bond donors (Lipinski definition) is 2. The van der Waals surface area contributed by atoms with Crippen LogP contribution in [0.15, 0.2) is 66.7 Å². The van der Waals surface area contributed by atoms with E-state index in [9.17, 15) is 5.11 Å². The number of aromatic hydroxyl groups is 1. The van der Waals surface area contributed by atoms with Gasteiger partial charge in [-0.3, -0.25) is 0 Å². The highest BCUT2D eigenvalue weighted by Crippen LogP contribution is 2.29. The third-order valence-corrected chi connectivity index (χ3v) is 4.20. The Hall–Kier alpha value is -3.18. The minimum atomic E-state index is 0.125. The second-order valence-electron chi connectivity index (χ2n) is 5.97. The average molecular weight is 330 g/mol. The Kier molecular flexibility index (Phi) is 3.91. The van der Waals surface area contributed by atoms with Gasteiger partial charge in [0.05, 0.1) is 0 Å². The lowest BCUT2D eigenvalue weighted by atomic mass is 10.0. The van der Waals surface area contributed by atoms with Crippen LogP contribution in [0.5, 0.6) is 5.75 Å². The molecule has 25 heavy (non-hydrogen) atoms. The first-order valence-corrected chi connectivity index (χ1v) is 8.16. The van der Waals surface area contributed by atoms with E-state index in [-0.39, 0.29) is 12.3 Å². The second kappa shape index (κ2) is 6.37. The molecule has 0 amide bonds. The fraction of sp³-hybridized carbons (Fsp3) is 0.100. The lowest BCUT2D eigenvalue weighted by Gasteiger charge is -2.11. The summed E-state index contributed by atoms with van der Waals surface area (Å²) in [5, 5.41) is 19.5. The van der Waals surface area contributed by atoms with Crippen LogP contribution in [-0.4, -0.2) is 20.1 Å². The molecule has 0 aliphatic rings. The number of rotatable bonds is 4. The van der Waals surface area contributed by atoms with Crippen LogP contribution in [0.1, 0.15) is 16.7 Å². The normalized spacial score (nSPS) is 11.1. The van der Waals surface area contributed by atoms with Crippen LogP contribution < -0.4 is 5.73 Å². The van der Waals surface area contributed by atoms with Crippen molar-refractivity contribution in [1.29, 1.82) is 0 Å². The molecule has 0 fully saturated rings. The topological polar surface area (TPSA) is 77.0 Å². The Bertz CT molecular complexity index is 991. The molecule has 0 aliphatic carbocycles. The average Bonchev–Trinajstić information content (AvgIpc) is 3.07. The molecule has 5 heteroatoms. The van der Waals surface area contributed by atoms with Gasteiger partial charge in [0, 0.05) is 12.1 Å². The van der Waals surface area contributed by atoms with E-state index in [1.54, 1.807) is 0 Å². The summed E-state index contributed by atoms with van der Waals surface area (Å²) in [6.07, 6.45) is 0.752. The molecule has 0 saturated heterocycles. The summed E-state index contributed by atoms with van der Waals surface area (Å²) in [6, 6.07) is 21.7. The fourth-order valence-electron chi connectivity index (χ4n) is 2.95. The predicted octanol–water partition coefficient (Wildman–Crippen LogP) is 3.18. The van der Waals surface area contributed by atoms with Gasteiger partial charge in [0.2, 0.25) is 0 Å². The molecule has 4 aromatic rings. The van der Waals surface area contributed by atoms with Crippen molar-refractivity contribution in [3.8, 4) is 11.4 Å². The molecule has 4 rings (SSSR count). The van der Waals surface area contributed by atoms with Crippen molar-refractivity contribution in [2.75, 3.05) is 0 Å². The van der Waals surface area contributed by atoms with Crippen LogP contribution in [0.4, 0.5) is 0 Å². The summed E-state index contributed by atoms with van der Waals surface area (Å²) < 4.78 is 0. The molecule has 0 bridgehead atoms. The van der Waals surface area contributed by atoms with Gasteiger partial charge in [-0.2, -0.15) is 0 Å². The first-order chi connectivity index (χ1) is 12.2. The zero-order valence-corrected chi connectivity index (χ0v) is 13.6. The van der Waals surface area contributed by atoms with Gasteiger partial charge in [-0.15, -0.1) is 15.0 Å². The predicted molar refractivity (Wildman–Crippen MR) is 97.7 cm³/mol. The Morgan fingerprint density at radius 1 is 0.840 bits per heavy atom. The number of hydrogen-bond acceptors (Lipinski definition) is 4. The molecule has 0 unspecified atom stereocenters. The Morgan fingerprint density at radius 3 is 2.12 bits per heavy atom. The second-order valence-corrected chi connectivity index (χ2v) is 5.97. The molecule has 1 heterocycles. The van der Waals surface area contributed by atoms with Crippen molar-refractivity contribution in [3.63, 3.8) is 0 Å². The molecule has 0 spiro atoms. The highest BCUT2D eigenvalue weighted by molar-refractivity contribution is 5.73. The van der Waals surface area contributed by atoms with Crippen molar-refractivity contribution < 1.29 is 5.11 Å². The smallest absolute Gasteiger partial charge is 0.147 e. The largest absolute Gasteiger partial charge is 0.505 e. The summed E-state index contributed by atoms with van der Waals surface area (Å²) in [4.78, 5) is 1.48.